The molecule has 0 aliphatic heterocycles. The summed E-state index contributed by atoms with van der Waals surface area (Å²) in [6.45, 7) is 1.94. The first-order valence-corrected chi connectivity index (χ1v) is 9.65. The molecular weight excluding hydrogens is 336 g/mol. The third kappa shape index (κ3) is 7.25. The van der Waals surface area contributed by atoms with Gasteiger partial charge in [0.1, 0.15) is 5.75 Å². The van der Waals surface area contributed by atoms with E-state index < -0.39 is 0 Å². The molecule has 140 valence electrons. The number of hydrogen-bond acceptors (Lipinski definition) is 3. The van der Waals surface area contributed by atoms with Crippen LogP contribution in [0.3, 0.4) is 0 Å². The highest BCUT2D eigenvalue weighted by molar-refractivity contribution is 6.30. The number of hydrogen-bond donors (Lipinski definition) is 0. The summed E-state index contributed by atoms with van der Waals surface area (Å²) >= 11 is 5.84. The molecule has 4 nitrogen and oxygen atoms in total. The minimum Gasteiger partial charge on any atom is -0.410 e. The molecule has 1 amide bonds. The van der Waals surface area contributed by atoms with Crippen LogP contribution in [0.1, 0.15) is 38.5 Å². The molecule has 25 heavy (non-hydrogen) atoms. The number of rotatable bonds is 7. The zero-order valence-corrected chi connectivity index (χ0v) is 16.5. The second kappa shape index (κ2) is 10.0. The Labute approximate surface area is 157 Å². The molecule has 0 radical (unpaired) electrons. The standard InChI is InChI=1S/C20H31ClN2O2/c1-22(2)14-12-16-4-6-17(7-5-16)13-15-23(3)20(24)25-19-10-8-18(21)9-11-19/h8-11,16-17H,4-7,12-15H2,1-3H3. The summed E-state index contributed by atoms with van der Waals surface area (Å²) in [5.74, 6) is 2.15. The van der Waals surface area contributed by atoms with Crippen molar-refractivity contribution in [2.24, 2.45) is 11.8 Å². The predicted octanol–water partition coefficient (Wildman–Crippen LogP) is 4.92. The van der Waals surface area contributed by atoms with Crippen LogP contribution in [0.25, 0.3) is 0 Å². The molecule has 0 heterocycles. The molecule has 1 fully saturated rings. The first-order chi connectivity index (χ1) is 11.9. The lowest BCUT2D eigenvalue weighted by Gasteiger charge is -2.30. The number of carbonyl (C=O) groups excluding carboxylic acids is 1. The quantitative estimate of drug-likeness (QED) is 0.686. The van der Waals surface area contributed by atoms with E-state index in [4.69, 9.17) is 16.3 Å². The van der Waals surface area contributed by atoms with Crippen molar-refractivity contribution in [2.75, 3.05) is 34.2 Å². The van der Waals surface area contributed by atoms with E-state index in [1.165, 1.54) is 38.6 Å². The molecule has 1 aliphatic rings. The predicted molar refractivity (Wildman–Crippen MR) is 103 cm³/mol. The Balaban J connectivity index is 1.65. The summed E-state index contributed by atoms with van der Waals surface area (Å²) in [4.78, 5) is 16.1. The molecule has 2 rings (SSSR count). The van der Waals surface area contributed by atoms with Gasteiger partial charge >= 0.3 is 6.09 Å². The van der Waals surface area contributed by atoms with Crippen molar-refractivity contribution in [3.05, 3.63) is 29.3 Å². The molecule has 1 aromatic carbocycles. The van der Waals surface area contributed by atoms with Gasteiger partial charge in [-0.15, -0.1) is 0 Å². The van der Waals surface area contributed by atoms with Crippen LogP contribution in [-0.2, 0) is 0 Å². The number of ether oxygens (including phenoxy) is 1. The maximum absolute atomic E-state index is 12.1. The molecular formula is C20H31ClN2O2. The molecule has 1 aromatic rings. The Morgan fingerprint density at radius 1 is 1.00 bits per heavy atom. The fraction of sp³-hybridized carbons (Fsp3) is 0.650. The fourth-order valence-corrected chi connectivity index (χ4v) is 3.52. The minimum atomic E-state index is -0.304. The van der Waals surface area contributed by atoms with E-state index in [2.05, 4.69) is 19.0 Å². The lowest BCUT2D eigenvalue weighted by atomic mass is 9.79. The number of carbonyl (C=O) groups is 1. The van der Waals surface area contributed by atoms with Crippen molar-refractivity contribution in [3.8, 4) is 5.75 Å². The third-order valence-electron chi connectivity index (χ3n) is 5.15. The Bertz CT molecular complexity index is 525. The molecule has 5 heteroatoms. The van der Waals surface area contributed by atoms with Gasteiger partial charge in [-0.1, -0.05) is 37.3 Å². The van der Waals surface area contributed by atoms with Gasteiger partial charge in [0, 0.05) is 18.6 Å². The maximum atomic E-state index is 12.1. The molecule has 1 aliphatic carbocycles. The Morgan fingerprint density at radius 2 is 1.52 bits per heavy atom. The van der Waals surface area contributed by atoms with Crippen molar-refractivity contribution in [2.45, 2.75) is 38.5 Å². The van der Waals surface area contributed by atoms with Crippen LogP contribution >= 0.6 is 11.6 Å². The van der Waals surface area contributed by atoms with Gasteiger partial charge in [0.15, 0.2) is 0 Å². The van der Waals surface area contributed by atoms with Crippen molar-refractivity contribution < 1.29 is 9.53 Å². The van der Waals surface area contributed by atoms with Crippen LogP contribution in [0.15, 0.2) is 24.3 Å². The van der Waals surface area contributed by atoms with Crippen LogP contribution in [-0.4, -0.2) is 50.1 Å². The van der Waals surface area contributed by atoms with Crippen molar-refractivity contribution in [1.29, 1.82) is 0 Å². The van der Waals surface area contributed by atoms with E-state index >= 15 is 0 Å². The lowest BCUT2D eigenvalue weighted by molar-refractivity contribution is 0.155. The van der Waals surface area contributed by atoms with E-state index in [0.29, 0.717) is 10.8 Å². The van der Waals surface area contributed by atoms with Gasteiger partial charge in [0.25, 0.3) is 0 Å². The summed E-state index contributed by atoms with van der Waals surface area (Å²) < 4.78 is 5.37. The van der Waals surface area contributed by atoms with Gasteiger partial charge in [-0.3, -0.25) is 0 Å². The first-order valence-electron chi connectivity index (χ1n) is 9.27. The van der Waals surface area contributed by atoms with Gasteiger partial charge in [0.2, 0.25) is 0 Å². The van der Waals surface area contributed by atoms with Gasteiger partial charge in [-0.25, -0.2) is 4.79 Å². The molecule has 0 saturated heterocycles. The number of amides is 1. The first kappa shape index (κ1) is 20.1. The fourth-order valence-electron chi connectivity index (χ4n) is 3.40. The lowest BCUT2D eigenvalue weighted by Crippen LogP contribution is -2.32. The average molecular weight is 367 g/mol. The van der Waals surface area contributed by atoms with Crippen LogP contribution in [0.2, 0.25) is 5.02 Å². The van der Waals surface area contributed by atoms with Gasteiger partial charge in [-0.05, 0) is 69.6 Å². The Hall–Kier alpha value is -1.26. The number of benzene rings is 1. The Kier molecular flexibility index (Phi) is 8.04. The van der Waals surface area contributed by atoms with Crippen LogP contribution in [0.5, 0.6) is 5.75 Å². The summed E-state index contributed by atoms with van der Waals surface area (Å²) in [5.41, 5.74) is 0. The smallest absolute Gasteiger partial charge is 0.410 e. The molecule has 0 atom stereocenters. The molecule has 0 spiro atoms. The van der Waals surface area contributed by atoms with Crippen molar-refractivity contribution >= 4 is 17.7 Å². The second-order valence-electron chi connectivity index (χ2n) is 7.51. The second-order valence-corrected chi connectivity index (χ2v) is 7.95. The third-order valence-corrected chi connectivity index (χ3v) is 5.41. The van der Waals surface area contributed by atoms with E-state index in [0.717, 1.165) is 24.8 Å². The Morgan fingerprint density at radius 3 is 2.04 bits per heavy atom. The van der Waals surface area contributed by atoms with Gasteiger partial charge < -0.3 is 14.5 Å². The van der Waals surface area contributed by atoms with Crippen LogP contribution in [0.4, 0.5) is 4.79 Å². The van der Waals surface area contributed by atoms with Crippen LogP contribution < -0.4 is 4.74 Å². The highest BCUT2D eigenvalue weighted by atomic mass is 35.5. The summed E-state index contributed by atoms with van der Waals surface area (Å²) in [7, 11) is 6.09. The zero-order chi connectivity index (χ0) is 18.2. The number of halogens is 1. The largest absolute Gasteiger partial charge is 0.414 e. The highest BCUT2D eigenvalue weighted by Gasteiger charge is 2.22. The maximum Gasteiger partial charge on any atom is 0.414 e. The van der Waals surface area contributed by atoms with E-state index in [-0.39, 0.29) is 6.09 Å². The molecule has 0 aromatic heterocycles. The summed E-state index contributed by atoms with van der Waals surface area (Å²) in [6.07, 6.45) is 7.31. The zero-order valence-electron chi connectivity index (χ0n) is 15.7. The van der Waals surface area contributed by atoms with E-state index in [9.17, 15) is 4.79 Å². The molecule has 0 bridgehead atoms. The van der Waals surface area contributed by atoms with Crippen LogP contribution in [0, 0.1) is 11.8 Å². The molecule has 0 N–H and O–H groups in total. The SMILES string of the molecule is CN(C)CCC1CCC(CCN(C)C(=O)Oc2ccc(Cl)cc2)CC1. The highest BCUT2D eigenvalue weighted by Crippen LogP contribution is 2.32. The summed E-state index contributed by atoms with van der Waals surface area (Å²) in [6, 6.07) is 6.87. The normalized spacial score (nSPS) is 20.5. The topological polar surface area (TPSA) is 32.8 Å². The van der Waals surface area contributed by atoms with Gasteiger partial charge in [0.05, 0.1) is 0 Å². The van der Waals surface area contributed by atoms with E-state index in [1.807, 2.05) is 0 Å². The average Bonchev–Trinajstić information content (AvgIpc) is 2.60. The summed E-state index contributed by atoms with van der Waals surface area (Å²) in [5, 5.41) is 0.634. The van der Waals surface area contributed by atoms with E-state index in [1.54, 1.807) is 36.2 Å². The van der Waals surface area contributed by atoms with Crippen molar-refractivity contribution in [3.63, 3.8) is 0 Å². The van der Waals surface area contributed by atoms with Crippen molar-refractivity contribution in [1.82, 2.24) is 9.80 Å². The van der Waals surface area contributed by atoms with Gasteiger partial charge in [-0.2, -0.15) is 0 Å². The minimum absolute atomic E-state index is 0.304. The molecule has 0 unspecified atom stereocenters. The monoisotopic (exact) mass is 366 g/mol. The molecule has 1 saturated carbocycles. The number of nitrogens with zero attached hydrogens (tertiary/aromatic N) is 2.